The number of nitrogens with one attached hydrogen (secondary N) is 1. The van der Waals surface area contributed by atoms with Gasteiger partial charge in [0.25, 0.3) is 5.91 Å². The summed E-state index contributed by atoms with van der Waals surface area (Å²) in [6.45, 7) is 1.93. The minimum Gasteiger partial charge on any atom is -0.476 e. The number of aryl methyl sites for hydroxylation is 1. The van der Waals surface area contributed by atoms with E-state index in [9.17, 15) is 9.90 Å². The summed E-state index contributed by atoms with van der Waals surface area (Å²) in [5.41, 5.74) is 1.89. The quantitative estimate of drug-likeness (QED) is 0.449. The zero-order valence-corrected chi connectivity index (χ0v) is 19.0. The third-order valence-corrected chi connectivity index (χ3v) is 6.33. The molecule has 178 valence electrons. The van der Waals surface area contributed by atoms with Gasteiger partial charge in [-0.1, -0.05) is 23.4 Å². The van der Waals surface area contributed by atoms with E-state index in [1.54, 1.807) is 25.5 Å². The molecule has 35 heavy (non-hydrogen) atoms. The van der Waals surface area contributed by atoms with Crippen molar-refractivity contribution in [3.63, 3.8) is 0 Å². The van der Waals surface area contributed by atoms with Crippen LogP contribution in [0.15, 0.2) is 53.3 Å². The van der Waals surface area contributed by atoms with Gasteiger partial charge in [0.2, 0.25) is 17.4 Å². The second-order valence-corrected chi connectivity index (χ2v) is 8.67. The van der Waals surface area contributed by atoms with Crippen molar-refractivity contribution in [3.8, 4) is 28.4 Å². The van der Waals surface area contributed by atoms with Gasteiger partial charge in [-0.3, -0.25) is 4.79 Å². The summed E-state index contributed by atoms with van der Waals surface area (Å²) in [6.07, 6.45) is 4.58. The van der Waals surface area contributed by atoms with E-state index in [1.165, 1.54) is 4.90 Å². The highest BCUT2D eigenvalue weighted by atomic mass is 16.5. The van der Waals surface area contributed by atoms with Crippen LogP contribution >= 0.6 is 0 Å². The van der Waals surface area contributed by atoms with Crippen molar-refractivity contribution in [1.29, 1.82) is 0 Å². The number of rotatable bonds is 5. The van der Waals surface area contributed by atoms with E-state index in [1.807, 2.05) is 35.0 Å². The molecule has 1 fully saturated rings. The van der Waals surface area contributed by atoms with Crippen molar-refractivity contribution < 1.29 is 19.2 Å². The number of hydrogen-bond acceptors (Lipinski definition) is 9. The molecule has 11 heteroatoms. The number of carbonyl (C=O) groups excluding carboxylic acids is 1. The molecule has 6 rings (SSSR count). The third kappa shape index (κ3) is 3.69. The first kappa shape index (κ1) is 21.3. The lowest BCUT2D eigenvalue weighted by molar-refractivity contribution is -0.144. The van der Waals surface area contributed by atoms with Gasteiger partial charge in [0, 0.05) is 56.4 Å². The Morgan fingerprint density at radius 2 is 2.00 bits per heavy atom. The molecule has 2 N–H and O–H groups in total. The van der Waals surface area contributed by atoms with Gasteiger partial charge in [0.15, 0.2) is 5.76 Å². The molecule has 3 aromatic heterocycles. The highest BCUT2D eigenvalue weighted by Crippen LogP contribution is 2.35. The van der Waals surface area contributed by atoms with Crippen LogP contribution in [0.25, 0.3) is 22.5 Å². The number of likely N-dealkylation sites (N-methyl/N-ethyl adjacent to an activating group) is 1. The lowest BCUT2D eigenvalue weighted by Crippen LogP contribution is -2.35. The summed E-state index contributed by atoms with van der Waals surface area (Å²) in [7, 11) is 1.65. The third-order valence-electron chi connectivity index (χ3n) is 6.33. The van der Waals surface area contributed by atoms with Crippen LogP contribution in [0, 0.1) is 0 Å². The first-order valence-corrected chi connectivity index (χ1v) is 11.4. The van der Waals surface area contributed by atoms with E-state index in [-0.39, 0.29) is 18.1 Å². The van der Waals surface area contributed by atoms with Gasteiger partial charge in [-0.2, -0.15) is 5.10 Å². The van der Waals surface area contributed by atoms with Crippen LogP contribution in [0.5, 0.6) is 5.88 Å². The van der Waals surface area contributed by atoms with Crippen LogP contribution in [0.4, 0.5) is 11.6 Å². The molecule has 2 aliphatic heterocycles. The van der Waals surface area contributed by atoms with Crippen LogP contribution < -0.4 is 10.1 Å². The zero-order valence-electron chi connectivity index (χ0n) is 19.0. The fraction of sp³-hybridized carbons (Fsp3) is 0.292. The highest BCUT2D eigenvalue weighted by Gasteiger charge is 2.48. The number of amides is 1. The van der Waals surface area contributed by atoms with Crippen LogP contribution in [-0.4, -0.2) is 61.0 Å². The average molecular weight is 473 g/mol. The average Bonchev–Trinajstić information content (AvgIpc) is 3.61. The Morgan fingerprint density at radius 3 is 2.83 bits per heavy atom. The van der Waals surface area contributed by atoms with Crippen LogP contribution in [0.1, 0.15) is 18.6 Å². The fourth-order valence-electron chi connectivity index (χ4n) is 4.38. The number of hydrogen-bond donors (Lipinski definition) is 2. The van der Waals surface area contributed by atoms with Gasteiger partial charge in [0.05, 0.1) is 18.5 Å². The summed E-state index contributed by atoms with van der Waals surface area (Å²) >= 11 is 0. The summed E-state index contributed by atoms with van der Waals surface area (Å²) < 4.78 is 12.9. The predicted molar refractivity (Wildman–Crippen MR) is 125 cm³/mol. The molecule has 11 nitrogen and oxygen atoms in total. The first-order chi connectivity index (χ1) is 17.0. The van der Waals surface area contributed by atoms with Crippen molar-refractivity contribution in [2.24, 2.45) is 0 Å². The van der Waals surface area contributed by atoms with Gasteiger partial charge in [-0.25, -0.2) is 14.6 Å². The molecular weight excluding hydrogens is 450 g/mol. The Morgan fingerprint density at radius 1 is 1.14 bits per heavy atom. The maximum absolute atomic E-state index is 12.4. The number of carbonyl (C=O) groups is 1. The van der Waals surface area contributed by atoms with E-state index in [4.69, 9.17) is 9.26 Å². The van der Waals surface area contributed by atoms with Crippen LogP contribution in [0.2, 0.25) is 0 Å². The second kappa shape index (κ2) is 8.20. The molecule has 1 saturated heterocycles. The molecule has 2 aliphatic rings. The van der Waals surface area contributed by atoms with E-state index in [0.29, 0.717) is 36.4 Å². The lowest BCUT2D eigenvalue weighted by atomic mass is 9.98. The number of fused-ring (bicyclic) bond motifs is 1. The Balaban J connectivity index is 1.26. The standard InChI is InChI=1S/C24H23N7O4/c1-30-10-7-24(33,22(30)32)20-13-18(29-35-20)16-5-2-4-15(12-16)17-6-8-25-23(27-17)28-19-14-26-31-9-3-11-34-21(19)31/h2,4-6,8,12-14,33H,3,7,9-11H2,1H3,(H,25,27,28)/t24-/m1/s1. The number of benzene rings is 1. The molecule has 0 saturated carbocycles. The van der Waals surface area contributed by atoms with Crippen molar-refractivity contribution in [3.05, 3.63) is 54.6 Å². The Kier molecular flexibility index (Phi) is 4.99. The zero-order chi connectivity index (χ0) is 24.0. The molecule has 0 spiro atoms. The molecule has 0 unspecified atom stereocenters. The number of aromatic nitrogens is 5. The molecular formula is C24H23N7O4. The molecule has 1 amide bonds. The number of nitrogens with zero attached hydrogens (tertiary/aromatic N) is 6. The van der Waals surface area contributed by atoms with Crippen molar-refractivity contribution in [2.75, 3.05) is 25.5 Å². The maximum atomic E-state index is 12.4. The summed E-state index contributed by atoms with van der Waals surface area (Å²) in [5.74, 6) is 0.864. The monoisotopic (exact) mass is 473 g/mol. The lowest BCUT2D eigenvalue weighted by Gasteiger charge is -2.16. The van der Waals surface area contributed by atoms with Gasteiger partial charge in [-0.05, 0) is 12.1 Å². The number of ether oxygens (including phenoxy) is 1. The molecule has 0 aliphatic carbocycles. The molecule has 5 heterocycles. The van der Waals surface area contributed by atoms with Gasteiger partial charge in [-0.15, -0.1) is 0 Å². The van der Waals surface area contributed by atoms with E-state index in [0.717, 1.165) is 29.8 Å². The summed E-state index contributed by atoms with van der Waals surface area (Å²) in [4.78, 5) is 22.9. The maximum Gasteiger partial charge on any atom is 0.262 e. The Hall–Kier alpha value is -4.25. The molecule has 0 radical (unpaired) electrons. The highest BCUT2D eigenvalue weighted by molar-refractivity contribution is 5.87. The van der Waals surface area contributed by atoms with Gasteiger partial charge < -0.3 is 24.6 Å². The van der Waals surface area contributed by atoms with Crippen molar-refractivity contribution in [1.82, 2.24) is 29.8 Å². The largest absolute Gasteiger partial charge is 0.476 e. The SMILES string of the molecule is CN1CC[C@@](O)(c2cc(-c3cccc(-c4ccnc(Nc5cnn6c5OCCC6)n4)c3)no2)C1=O. The molecule has 1 aromatic carbocycles. The van der Waals surface area contributed by atoms with Crippen molar-refractivity contribution in [2.45, 2.75) is 25.0 Å². The van der Waals surface area contributed by atoms with E-state index >= 15 is 0 Å². The molecule has 4 aromatic rings. The number of anilines is 2. The normalized spacial score (nSPS) is 19.5. The van der Waals surface area contributed by atoms with Gasteiger partial charge >= 0.3 is 0 Å². The second-order valence-electron chi connectivity index (χ2n) is 8.67. The fourth-order valence-corrected chi connectivity index (χ4v) is 4.38. The summed E-state index contributed by atoms with van der Waals surface area (Å²) in [6, 6.07) is 11.1. The predicted octanol–water partition coefficient (Wildman–Crippen LogP) is 2.57. The first-order valence-electron chi connectivity index (χ1n) is 11.4. The minimum atomic E-state index is -1.68. The number of likely N-dealkylation sites (tertiary alicyclic amines) is 1. The van der Waals surface area contributed by atoms with E-state index in [2.05, 4.69) is 25.5 Å². The molecule has 0 bridgehead atoms. The molecule has 1 atom stereocenters. The van der Waals surface area contributed by atoms with Crippen molar-refractivity contribution >= 4 is 17.5 Å². The smallest absolute Gasteiger partial charge is 0.262 e. The topological polar surface area (TPSA) is 131 Å². The summed E-state index contributed by atoms with van der Waals surface area (Å²) in [5, 5.41) is 22.5. The van der Waals surface area contributed by atoms with Crippen LogP contribution in [0.3, 0.4) is 0 Å². The minimum absolute atomic E-state index is 0.146. The van der Waals surface area contributed by atoms with E-state index < -0.39 is 5.60 Å². The Labute approximate surface area is 200 Å². The number of aliphatic hydroxyl groups is 1. The van der Waals surface area contributed by atoms with Gasteiger partial charge in [0.1, 0.15) is 11.4 Å². The van der Waals surface area contributed by atoms with Crippen LogP contribution in [-0.2, 0) is 16.9 Å². The Bertz CT molecular complexity index is 1410.